The SMILES string of the molecule is FC(F)(F)c1ccc(Oc2ccccc2-c2ccc(-c3c(Oc4ccccc4)c(Oc4ccccc4)c(-c4ccc(-c5ccccc5Oc5ccc(C(F)(F)F)cc5)s4)c4nsnc34)s2)cc1. The van der Waals surface area contributed by atoms with E-state index >= 15 is 0 Å². The largest absolute Gasteiger partial charge is 0.457 e. The molecule has 0 aliphatic heterocycles. The minimum atomic E-state index is -4.48. The normalized spacial score (nSPS) is 11.7. The van der Waals surface area contributed by atoms with Gasteiger partial charge >= 0.3 is 12.4 Å². The maximum absolute atomic E-state index is 13.3. The highest BCUT2D eigenvalue weighted by atomic mass is 32.1. The van der Waals surface area contributed by atoms with Gasteiger partial charge in [-0.2, -0.15) is 35.1 Å². The van der Waals surface area contributed by atoms with Crippen LogP contribution in [0, 0.1) is 0 Å². The Morgan fingerprint density at radius 1 is 0.343 bits per heavy atom. The summed E-state index contributed by atoms with van der Waals surface area (Å²) in [5.41, 5.74) is 2.21. The van der Waals surface area contributed by atoms with E-state index < -0.39 is 23.5 Å². The number of ether oxygens (including phenoxy) is 4. The van der Waals surface area contributed by atoms with Crippen molar-refractivity contribution in [3.8, 4) is 87.8 Å². The van der Waals surface area contributed by atoms with Gasteiger partial charge in [0.15, 0.2) is 11.5 Å². The minimum Gasteiger partial charge on any atom is -0.457 e. The van der Waals surface area contributed by atoms with E-state index in [1.54, 1.807) is 24.3 Å². The van der Waals surface area contributed by atoms with Crippen LogP contribution in [-0.4, -0.2) is 8.75 Å². The highest BCUT2D eigenvalue weighted by Gasteiger charge is 2.32. The molecule has 0 saturated carbocycles. The standard InChI is InChI=1S/C52H30F6N2O4S3/c53-51(54,55)31-19-23-35(24-20-31)61-39-17-9-7-15-37(39)41-27-29-43(65-41)45-47-48(60-67-59-47)46(50(64-34-13-5-2-6-14-34)49(45)63-33-11-3-1-4-12-33)44-30-28-42(66-44)38-16-8-10-18-40(38)62-36-25-21-32(22-26-36)52(56,57)58/h1-30H. The first-order valence-electron chi connectivity index (χ1n) is 20.3. The van der Waals surface area contributed by atoms with Crippen LogP contribution < -0.4 is 18.9 Å². The molecular weight excluding hydrogens is 927 g/mol. The van der Waals surface area contributed by atoms with E-state index in [0.29, 0.717) is 67.8 Å². The topological polar surface area (TPSA) is 62.7 Å². The monoisotopic (exact) mass is 956 g/mol. The van der Waals surface area contributed by atoms with Crippen molar-refractivity contribution in [2.45, 2.75) is 12.4 Å². The second kappa shape index (κ2) is 18.1. The van der Waals surface area contributed by atoms with E-state index in [2.05, 4.69) is 0 Å². The number of thiophene rings is 2. The molecule has 15 heteroatoms. The Balaban J connectivity index is 1.10. The Kier molecular flexibility index (Phi) is 11.7. The molecule has 0 fully saturated rings. The van der Waals surface area contributed by atoms with Crippen molar-refractivity contribution in [1.82, 2.24) is 8.75 Å². The van der Waals surface area contributed by atoms with E-state index in [-0.39, 0.29) is 11.5 Å². The lowest BCUT2D eigenvalue weighted by Crippen LogP contribution is -2.04. The maximum Gasteiger partial charge on any atom is 0.416 e. The van der Waals surface area contributed by atoms with Crippen LogP contribution in [0.4, 0.5) is 26.3 Å². The molecule has 10 rings (SSSR count). The Morgan fingerprint density at radius 2 is 0.687 bits per heavy atom. The van der Waals surface area contributed by atoms with E-state index in [1.165, 1.54) is 46.9 Å². The van der Waals surface area contributed by atoms with Crippen LogP contribution in [0.3, 0.4) is 0 Å². The van der Waals surface area contributed by atoms with Gasteiger partial charge in [-0.15, -0.1) is 22.7 Å². The summed E-state index contributed by atoms with van der Waals surface area (Å²) in [6.45, 7) is 0. The fourth-order valence-corrected chi connectivity index (χ4v) is 9.97. The molecule has 3 heterocycles. The smallest absolute Gasteiger partial charge is 0.416 e. The second-order valence-electron chi connectivity index (χ2n) is 14.8. The van der Waals surface area contributed by atoms with Gasteiger partial charge in [0, 0.05) is 30.6 Å². The quantitative estimate of drug-likeness (QED) is 0.114. The Labute approximate surface area is 390 Å². The molecule has 6 nitrogen and oxygen atoms in total. The average Bonchev–Trinajstić information content (AvgIpc) is 4.13. The zero-order chi connectivity index (χ0) is 46.1. The molecule has 0 unspecified atom stereocenters. The number of rotatable bonds is 12. The van der Waals surface area contributed by atoms with E-state index in [9.17, 15) is 26.3 Å². The van der Waals surface area contributed by atoms with Crippen molar-refractivity contribution in [2.75, 3.05) is 0 Å². The molecule has 332 valence electrons. The van der Waals surface area contributed by atoms with Gasteiger partial charge in [-0.1, -0.05) is 60.7 Å². The lowest BCUT2D eigenvalue weighted by atomic mass is 10.0. The van der Waals surface area contributed by atoms with Crippen molar-refractivity contribution >= 4 is 45.4 Å². The summed E-state index contributed by atoms with van der Waals surface area (Å²) in [6.07, 6.45) is -8.96. The highest BCUT2D eigenvalue weighted by Crippen LogP contribution is 2.56. The summed E-state index contributed by atoms with van der Waals surface area (Å²) in [4.78, 5) is 3.12. The fraction of sp³-hybridized carbons (Fsp3) is 0.0385. The van der Waals surface area contributed by atoms with E-state index in [0.717, 1.165) is 55.5 Å². The van der Waals surface area contributed by atoms with Gasteiger partial charge < -0.3 is 18.9 Å². The number of benzene rings is 7. The molecule has 7 aromatic carbocycles. The molecule has 0 atom stereocenters. The van der Waals surface area contributed by atoms with Crippen LogP contribution in [0.25, 0.3) is 52.8 Å². The molecule has 0 bridgehead atoms. The molecular formula is C52H30F6N2O4S3. The number of nitrogens with zero attached hydrogens (tertiary/aromatic N) is 2. The van der Waals surface area contributed by atoms with E-state index in [1.807, 2.05) is 109 Å². The Hall–Kier alpha value is -7.46. The van der Waals surface area contributed by atoms with Crippen LogP contribution >= 0.6 is 34.4 Å². The van der Waals surface area contributed by atoms with Crippen molar-refractivity contribution < 1.29 is 45.3 Å². The molecule has 0 spiro atoms. The molecule has 0 aliphatic carbocycles. The van der Waals surface area contributed by atoms with Gasteiger partial charge in [0.25, 0.3) is 0 Å². The first kappa shape index (κ1) is 43.4. The summed E-state index contributed by atoms with van der Waals surface area (Å²) < 4.78 is 116. The van der Waals surface area contributed by atoms with Crippen molar-refractivity contribution in [1.29, 1.82) is 0 Å². The Bertz CT molecular complexity index is 3110. The van der Waals surface area contributed by atoms with Crippen molar-refractivity contribution in [3.63, 3.8) is 0 Å². The zero-order valence-corrected chi connectivity index (χ0v) is 36.8. The number of aromatic nitrogens is 2. The fourth-order valence-electron chi connectivity index (χ4n) is 7.25. The number of alkyl halides is 6. The van der Waals surface area contributed by atoms with Crippen molar-refractivity contribution in [3.05, 3.63) is 193 Å². The third kappa shape index (κ3) is 9.21. The third-order valence-corrected chi connectivity index (χ3v) is 13.2. The molecule has 0 radical (unpaired) electrons. The summed E-state index contributed by atoms with van der Waals surface area (Å²) in [6, 6.07) is 50.0. The van der Waals surface area contributed by atoms with Gasteiger partial charge in [0.05, 0.1) is 34.0 Å². The number of hydrogen-bond acceptors (Lipinski definition) is 9. The lowest BCUT2D eigenvalue weighted by Gasteiger charge is -2.19. The van der Waals surface area contributed by atoms with Crippen LogP contribution in [0.15, 0.2) is 182 Å². The molecule has 0 N–H and O–H groups in total. The van der Waals surface area contributed by atoms with Crippen LogP contribution in [0.2, 0.25) is 0 Å². The number of fused-ring (bicyclic) bond motifs is 1. The molecule has 0 saturated heterocycles. The summed E-state index contributed by atoms with van der Waals surface area (Å²) in [5, 5.41) is 0. The highest BCUT2D eigenvalue weighted by molar-refractivity contribution is 7.19. The predicted octanol–water partition coefficient (Wildman–Crippen LogP) is 17.7. The lowest BCUT2D eigenvalue weighted by molar-refractivity contribution is -0.138. The second-order valence-corrected chi connectivity index (χ2v) is 17.5. The number of hydrogen-bond donors (Lipinski definition) is 0. The molecule has 10 aromatic rings. The summed E-state index contributed by atoms with van der Waals surface area (Å²) in [7, 11) is 0. The summed E-state index contributed by atoms with van der Waals surface area (Å²) in [5.74, 6) is 3.18. The predicted molar refractivity (Wildman–Crippen MR) is 251 cm³/mol. The maximum atomic E-state index is 13.3. The molecule has 3 aromatic heterocycles. The first-order valence-corrected chi connectivity index (χ1v) is 22.7. The summed E-state index contributed by atoms with van der Waals surface area (Å²) >= 11 is 3.92. The zero-order valence-electron chi connectivity index (χ0n) is 34.3. The van der Waals surface area contributed by atoms with Crippen molar-refractivity contribution in [2.24, 2.45) is 0 Å². The first-order chi connectivity index (χ1) is 32.5. The van der Waals surface area contributed by atoms with Crippen LogP contribution in [0.5, 0.6) is 46.0 Å². The van der Waals surface area contributed by atoms with Gasteiger partial charge in [-0.3, -0.25) is 0 Å². The molecule has 0 amide bonds. The van der Waals surface area contributed by atoms with Gasteiger partial charge in [0.1, 0.15) is 45.5 Å². The minimum absolute atomic E-state index is 0.247. The third-order valence-electron chi connectivity index (χ3n) is 10.4. The molecule has 0 aliphatic rings. The average molecular weight is 957 g/mol. The van der Waals surface area contributed by atoms with Gasteiger partial charge in [-0.05, 0) is 121 Å². The van der Waals surface area contributed by atoms with E-state index in [4.69, 9.17) is 27.7 Å². The Morgan fingerprint density at radius 3 is 1.07 bits per heavy atom. The van der Waals surface area contributed by atoms with Crippen LogP contribution in [-0.2, 0) is 12.4 Å². The number of halogens is 6. The molecule has 67 heavy (non-hydrogen) atoms. The van der Waals surface area contributed by atoms with Gasteiger partial charge in [-0.25, -0.2) is 0 Å². The van der Waals surface area contributed by atoms with Crippen LogP contribution in [0.1, 0.15) is 11.1 Å². The van der Waals surface area contributed by atoms with Gasteiger partial charge in [0.2, 0.25) is 0 Å². The number of para-hydroxylation sites is 4.